The number of fused-ring (bicyclic) bond motifs is 1. The molecule has 1 N–H and O–H groups in total. The van der Waals surface area contributed by atoms with E-state index in [1.54, 1.807) is 18.2 Å². The lowest BCUT2D eigenvalue weighted by Crippen LogP contribution is -2.29. The summed E-state index contributed by atoms with van der Waals surface area (Å²) in [5, 5.41) is 3.56. The number of anilines is 1. The summed E-state index contributed by atoms with van der Waals surface area (Å²) in [6.45, 7) is 2.81. The zero-order chi connectivity index (χ0) is 19.3. The van der Waals surface area contributed by atoms with Crippen molar-refractivity contribution in [3.8, 4) is 0 Å². The maximum Gasteiger partial charge on any atom is 0.349 e. The zero-order valence-electron chi connectivity index (χ0n) is 15.8. The fraction of sp³-hybridized carbons (Fsp3) is 0.304. The number of amides is 1. The molecule has 0 bridgehead atoms. The summed E-state index contributed by atoms with van der Waals surface area (Å²) in [6, 6.07) is 17.4. The van der Waals surface area contributed by atoms with Crippen LogP contribution in [0.2, 0.25) is 0 Å². The van der Waals surface area contributed by atoms with Gasteiger partial charge in [0, 0.05) is 30.7 Å². The van der Waals surface area contributed by atoms with Gasteiger partial charge in [-0.1, -0.05) is 30.3 Å². The van der Waals surface area contributed by atoms with Crippen molar-refractivity contribution in [3.63, 3.8) is 0 Å². The molecule has 4 rings (SSSR count). The third-order valence-corrected chi connectivity index (χ3v) is 5.22. The smallest absolute Gasteiger partial charge is 0.349 e. The number of hydrogen-bond donors (Lipinski definition) is 1. The molecule has 1 aromatic heterocycles. The Morgan fingerprint density at radius 2 is 1.79 bits per heavy atom. The van der Waals surface area contributed by atoms with Crippen LogP contribution in [0.25, 0.3) is 11.0 Å². The Hall–Kier alpha value is -3.08. The molecule has 28 heavy (non-hydrogen) atoms. The maximum absolute atomic E-state index is 12.3. The summed E-state index contributed by atoms with van der Waals surface area (Å²) in [5.74, 6) is -0.385. The number of nitrogens with zero attached hydrogens (tertiary/aromatic N) is 1. The molecule has 0 radical (unpaired) electrons. The molecule has 5 heteroatoms. The van der Waals surface area contributed by atoms with E-state index >= 15 is 0 Å². The molecule has 0 saturated carbocycles. The normalized spacial score (nSPS) is 13.8. The van der Waals surface area contributed by atoms with Crippen LogP contribution in [0.5, 0.6) is 0 Å². The molecule has 1 aliphatic heterocycles. The van der Waals surface area contributed by atoms with Crippen LogP contribution in [0.15, 0.2) is 63.8 Å². The molecule has 0 unspecified atom stereocenters. The predicted octanol–water partition coefficient (Wildman–Crippen LogP) is 3.76. The zero-order valence-corrected chi connectivity index (χ0v) is 15.8. The van der Waals surface area contributed by atoms with Crippen LogP contribution in [0, 0.1) is 0 Å². The largest absolute Gasteiger partial charge is 0.422 e. The number of para-hydroxylation sites is 1. The number of aryl methyl sites for hydroxylation is 1. The van der Waals surface area contributed by atoms with E-state index in [-0.39, 0.29) is 11.5 Å². The van der Waals surface area contributed by atoms with Gasteiger partial charge in [0.1, 0.15) is 11.1 Å². The van der Waals surface area contributed by atoms with Crippen molar-refractivity contribution in [2.45, 2.75) is 25.7 Å². The fourth-order valence-electron chi connectivity index (χ4n) is 3.66. The Balaban J connectivity index is 1.30. The molecule has 1 aliphatic rings. The highest BCUT2D eigenvalue weighted by molar-refractivity contribution is 5.96. The highest BCUT2D eigenvalue weighted by atomic mass is 16.4. The van der Waals surface area contributed by atoms with E-state index in [2.05, 4.69) is 34.5 Å². The van der Waals surface area contributed by atoms with Crippen LogP contribution in [0.1, 0.15) is 35.2 Å². The summed E-state index contributed by atoms with van der Waals surface area (Å²) < 4.78 is 5.22. The Labute approximate surface area is 164 Å². The third kappa shape index (κ3) is 4.09. The molecule has 3 aromatic rings. The number of rotatable bonds is 6. The van der Waals surface area contributed by atoms with Gasteiger partial charge in [0.2, 0.25) is 0 Å². The van der Waals surface area contributed by atoms with Gasteiger partial charge in [-0.2, -0.15) is 0 Å². The second-order valence-electron chi connectivity index (χ2n) is 7.21. The van der Waals surface area contributed by atoms with Gasteiger partial charge in [-0.15, -0.1) is 0 Å². The first-order valence-corrected chi connectivity index (χ1v) is 9.86. The fourth-order valence-corrected chi connectivity index (χ4v) is 3.66. The van der Waals surface area contributed by atoms with Crippen molar-refractivity contribution in [1.82, 2.24) is 5.32 Å². The first kappa shape index (κ1) is 18.3. The molecule has 5 nitrogen and oxygen atoms in total. The number of hydrogen-bond acceptors (Lipinski definition) is 4. The highest BCUT2D eigenvalue weighted by Gasteiger charge is 2.13. The Kier molecular flexibility index (Phi) is 5.42. The SMILES string of the molecule is O=C(NCCCc1ccc(N2CCCC2)cc1)c1cc2ccccc2oc1=O. The van der Waals surface area contributed by atoms with Crippen LogP contribution in [0.3, 0.4) is 0 Å². The minimum absolute atomic E-state index is 0.0497. The molecule has 0 spiro atoms. The van der Waals surface area contributed by atoms with E-state index < -0.39 is 5.63 Å². The molecular weight excluding hydrogens is 352 g/mol. The Bertz CT molecular complexity index is 1020. The molecule has 1 fully saturated rings. The van der Waals surface area contributed by atoms with E-state index in [1.165, 1.54) is 24.1 Å². The summed E-state index contributed by atoms with van der Waals surface area (Å²) >= 11 is 0. The molecular formula is C23H24N2O3. The summed E-state index contributed by atoms with van der Waals surface area (Å²) in [4.78, 5) is 26.8. The quantitative estimate of drug-likeness (QED) is 0.526. The van der Waals surface area contributed by atoms with E-state index in [4.69, 9.17) is 4.42 Å². The van der Waals surface area contributed by atoms with Crippen molar-refractivity contribution in [2.24, 2.45) is 0 Å². The monoisotopic (exact) mass is 376 g/mol. The Morgan fingerprint density at radius 1 is 1.04 bits per heavy atom. The molecule has 0 atom stereocenters. The van der Waals surface area contributed by atoms with Crippen LogP contribution in [0.4, 0.5) is 5.69 Å². The minimum atomic E-state index is -0.603. The lowest BCUT2D eigenvalue weighted by Gasteiger charge is -2.17. The number of nitrogens with one attached hydrogen (secondary N) is 1. The van der Waals surface area contributed by atoms with Gasteiger partial charge in [-0.25, -0.2) is 4.79 Å². The first-order chi connectivity index (χ1) is 13.7. The summed E-state index contributed by atoms with van der Waals surface area (Å²) in [7, 11) is 0. The van der Waals surface area contributed by atoms with Crippen LogP contribution < -0.4 is 15.8 Å². The van der Waals surface area contributed by atoms with Crippen molar-refractivity contribution >= 4 is 22.6 Å². The van der Waals surface area contributed by atoms with Gasteiger partial charge in [-0.3, -0.25) is 4.79 Å². The van der Waals surface area contributed by atoms with Crippen LogP contribution >= 0.6 is 0 Å². The molecule has 2 aromatic carbocycles. The van der Waals surface area contributed by atoms with Crippen molar-refractivity contribution in [2.75, 3.05) is 24.5 Å². The molecule has 1 amide bonds. The van der Waals surface area contributed by atoms with E-state index in [9.17, 15) is 9.59 Å². The Morgan fingerprint density at radius 3 is 2.57 bits per heavy atom. The topological polar surface area (TPSA) is 62.6 Å². The second kappa shape index (κ2) is 8.30. The number of carbonyl (C=O) groups excluding carboxylic acids is 1. The van der Waals surface area contributed by atoms with Crippen molar-refractivity contribution in [1.29, 1.82) is 0 Å². The molecule has 0 aliphatic carbocycles. The standard InChI is InChI=1S/C23H24N2O3/c26-22(20-16-18-7-1-2-8-21(18)28-23(20)27)24-13-5-6-17-9-11-19(12-10-17)25-14-3-4-15-25/h1-2,7-12,16H,3-6,13-15H2,(H,24,26). The van der Waals surface area contributed by atoms with Gasteiger partial charge in [-0.05, 0) is 55.5 Å². The van der Waals surface area contributed by atoms with Crippen LogP contribution in [-0.2, 0) is 6.42 Å². The molecule has 2 heterocycles. The van der Waals surface area contributed by atoms with Gasteiger partial charge in [0.25, 0.3) is 5.91 Å². The average Bonchev–Trinajstić information content (AvgIpc) is 3.26. The lowest BCUT2D eigenvalue weighted by atomic mass is 10.1. The van der Waals surface area contributed by atoms with Gasteiger partial charge >= 0.3 is 5.63 Å². The van der Waals surface area contributed by atoms with Crippen LogP contribution in [-0.4, -0.2) is 25.5 Å². The summed E-state index contributed by atoms with van der Waals surface area (Å²) in [5.41, 5.74) is 2.48. The van der Waals surface area contributed by atoms with Gasteiger partial charge < -0.3 is 14.6 Å². The van der Waals surface area contributed by atoms with E-state index in [1.807, 2.05) is 12.1 Å². The number of carbonyl (C=O) groups is 1. The second-order valence-corrected chi connectivity index (χ2v) is 7.21. The van der Waals surface area contributed by atoms with Crippen molar-refractivity contribution in [3.05, 3.63) is 76.1 Å². The predicted molar refractivity (Wildman–Crippen MR) is 111 cm³/mol. The molecule has 1 saturated heterocycles. The lowest BCUT2D eigenvalue weighted by molar-refractivity contribution is 0.0949. The van der Waals surface area contributed by atoms with E-state index in [0.717, 1.165) is 31.3 Å². The average molecular weight is 376 g/mol. The van der Waals surface area contributed by atoms with Gasteiger partial charge in [0.15, 0.2) is 0 Å². The number of benzene rings is 2. The van der Waals surface area contributed by atoms with E-state index in [0.29, 0.717) is 12.1 Å². The van der Waals surface area contributed by atoms with Gasteiger partial charge in [0.05, 0.1) is 0 Å². The first-order valence-electron chi connectivity index (χ1n) is 9.86. The highest BCUT2D eigenvalue weighted by Crippen LogP contribution is 2.20. The third-order valence-electron chi connectivity index (χ3n) is 5.22. The summed E-state index contributed by atoms with van der Waals surface area (Å²) in [6.07, 6.45) is 4.24. The van der Waals surface area contributed by atoms with Crippen molar-refractivity contribution < 1.29 is 9.21 Å². The molecule has 144 valence electrons. The maximum atomic E-state index is 12.3. The minimum Gasteiger partial charge on any atom is -0.422 e.